The zero-order chi connectivity index (χ0) is 14.8. The Morgan fingerprint density at radius 2 is 1.59 bits per heavy atom. The zero-order valence-electron chi connectivity index (χ0n) is 12.1. The van der Waals surface area contributed by atoms with Gasteiger partial charge in [0.05, 0.1) is 5.35 Å². The Morgan fingerprint density at radius 1 is 0.773 bits per heavy atom. The van der Waals surface area contributed by atoms with Crippen LogP contribution in [0.4, 0.5) is 0 Å². The Morgan fingerprint density at radius 3 is 2.50 bits per heavy atom. The van der Waals surface area contributed by atoms with Crippen LogP contribution in [0, 0.1) is 0 Å². The van der Waals surface area contributed by atoms with Crippen molar-refractivity contribution < 1.29 is 0 Å². The minimum absolute atomic E-state index is 1.01. The van der Waals surface area contributed by atoms with Crippen LogP contribution in [0.5, 0.6) is 0 Å². The second-order valence-electron chi connectivity index (χ2n) is 5.33. The average Bonchev–Trinajstić information content (AvgIpc) is 2.96. The molecule has 1 heterocycles. The second-order valence-corrected chi connectivity index (χ2v) is 5.33. The van der Waals surface area contributed by atoms with E-state index in [0.717, 1.165) is 5.35 Å². The summed E-state index contributed by atoms with van der Waals surface area (Å²) in [7, 11) is 0. The van der Waals surface area contributed by atoms with Gasteiger partial charge in [0.25, 0.3) is 0 Å². The first-order valence-electron chi connectivity index (χ1n) is 7.41. The van der Waals surface area contributed by atoms with Gasteiger partial charge in [0.15, 0.2) is 0 Å². The molecular weight excluding hydrogens is 266 g/mol. The third-order valence-electron chi connectivity index (χ3n) is 3.91. The highest BCUT2D eigenvalue weighted by Gasteiger charge is 2.11. The van der Waals surface area contributed by atoms with Crippen LogP contribution in [0.2, 0.25) is 0 Å². The van der Waals surface area contributed by atoms with Crippen molar-refractivity contribution in [3.63, 3.8) is 0 Å². The van der Waals surface area contributed by atoms with Crippen molar-refractivity contribution in [1.29, 1.82) is 0 Å². The van der Waals surface area contributed by atoms with E-state index in [1.807, 2.05) is 24.4 Å². The van der Waals surface area contributed by atoms with E-state index >= 15 is 0 Å². The number of aromatic nitrogens is 1. The number of rotatable bonds is 2. The normalized spacial score (nSPS) is 13.0. The monoisotopic (exact) mass is 281 g/mol. The van der Waals surface area contributed by atoms with Gasteiger partial charge in [0.2, 0.25) is 0 Å². The highest BCUT2D eigenvalue weighted by molar-refractivity contribution is 5.82. The van der Waals surface area contributed by atoms with Gasteiger partial charge in [-0.25, -0.2) is 0 Å². The van der Waals surface area contributed by atoms with E-state index in [1.165, 1.54) is 27.5 Å². The first kappa shape index (κ1) is 12.8. The molecule has 1 aliphatic carbocycles. The minimum atomic E-state index is 1.01. The lowest BCUT2D eigenvalue weighted by Crippen LogP contribution is -2.27. The Kier molecular flexibility index (Phi) is 3.17. The summed E-state index contributed by atoms with van der Waals surface area (Å²) in [4.78, 5) is 4.53. The molecule has 0 spiro atoms. The molecule has 0 fully saturated rings. The number of nitrogens with zero attached hydrogens (tertiary/aromatic N) is 1. The molecule has 2 aromatic carbocycles. The molecule has 0 amide bonds. The van der Waals surface area contributed by atoms with Crippen LogP contribution in [-0.2, 0) is 0 Å². The largest absolute Gasteiger partial charge is 0.256 e. The molecule has 3 aromatic rings. The molecule has 1 heteroatoms. The summed E-state index contributed by atoms with van der Waals surface area (Å²) in [6.45, 7) is 0. The predicted octanol–water partition coefficient (Wildman–Crippen LogP) is 3.38. The number of allylic oxidation sites excluding steroid dienone is 1. The summed E-state index contributed by atoms with van der Waals surface area (Å²) in [6.07, 6.45) is 10.4. The van der Waals surface area contributed by atoms with Crippen molar-refractivity contribution in [2.75, 3.05) is 0 Å². The van der Waals surface area contributed by atoms with E-state index in [-0.39, 0.29) is 0 Å². The smallest absolute Gasteiger partial charge is 0.0708 e. The number of hydrogen-bond acceptors (Lipinski definition) is 1. The summed E-state index contributed by atoms with van der Waals surface area (Å²) in [6, 6.07) is 20.9. The zero-order valence-corrected chi connectivity index (χ0v) is 12.1. The van der Waals surface area contributed by atoms with Crippen molar-refractivity contribution in [3.8, 4) is 11.1 Å². The quantitative estimate of drug-likeness (QED) is 0.549. The lowest BCUT2D eigenvalue weighted by Gasteiger charge is -1.99. The van der Waals surface area contributed by atoms with Crippen LogP contribution in [0.1, 0.15) is 11.1 Å². The van der Waals surface area contributed by atoms with E-state index in [9.17, 15) is 0 Å². The average molecular weight is 281 g/mol. The molecule has 0 N–H and O–H groups in total. The highest BCUT2D eigenvalue weighted by atomic mass is 14.6. The molecule has 0 saturated heterocycles. The fourth-order valence-electron chi connectivity index (χ4n) is 2.85. The molecule has 1 nitrogen and oxygen atoms in total. The Bertz CT molecular complexity index is 966. The van der Waals surface area contributed by atoms with Gasteiger partial charge in [0.1, 0.15) is 0 Å². The Balaban J connectivity index is 1.79. The van der Waals surface area contributed by atoms with Crippen molar-refractivity contribution in [2.45, 2.75) is 0 Å². The van der Waals surface area contributed by atoms with Crippen LogP contribution < -0.4 is 10.6 Å². The van der Waals surface area contributed by atoms with Crippen LogP contribution >= 0.6 is 0 Å². The molecule has 0 unspecified atom stereocenters. The topological polar surface area (TPSA) is 12.9 Å². The third kappa shape index (κ3) is 2.27. The fraction of sp³-hybridized carbons (Fsp3) is 0. The molecule has 0 aliphatic heterocycles. The van der Waals surface area contributed by atoms with E-state index in [4.69, 9.17) is 0 Å². The van der Waals surface area contributed by atoms with Gasteiger partial charge >= 0.3 is 0 Å². The first-order valence-corrected chi connectivity index (χ1v) is 7.41. The fourth-order valence-corrected chi connectivity index (χ4v) is 2.85. The van der Waals surface area contributed by atoms with Crippen LogP contribution in [-0.4, -0.2) is 4.98 Å². The van der Waals surface area contributed by atoms with Gasteiger partial charge in [-0.05, 0) is 40.5 Å². The van der Waals surface area contributed by atoms with Gasteiger partial charge in [-0.15, -0.1) is 0 Å². The molecule has 0 atom stereocenters. The molecule has 0 bridgehead atoms. The minimum Gasteiger partial charge on any atom is -0.256 e. The maximum Gasteiger partial charge on any atom is 0.0708 e. The predicted molar refractivity (Wildman–Crippen MR) is 92.4 cm³/mol. The molecule has 0 saturated carbocycles. The number of hydrogen-bond donors (Lipinski definition) is 0. The molecule has 1 aromatic heterocycles. The number of pyridine rings is 1. The summed E-state index contributed by atoms with van der Waals surface area (Å²) in [5.74, 6) is 0. The summed E-state index contributed by atoms with van der Waals surface area (Å²) < 4.78 is 0. The Hall–Kier alpha value is -2.93. The second kappa shape index (κ2) is 5.45. The maximum absolute atomic E-state index is 4.53. The van der Waals surface area contributed by atoms with Gasteiger partial charge in [-0.1, -0.05) is 66.7 Å². The van der Waals surface area contributed by atoms with Crippen molar-refractivity contribution >= 4 is 18.2 Å². The maximum atomic E-state index is 4.53. The van der Waals surface area contributed by atoms with Gasteiger partial charge in [-0.2, -0.15) is 0 Å². The van der Waals surface area contributed by atoms with E-state index in [2.05, 4.69) is 71.8 Å². The van der Waals surface area contributed by atoms with Gasteiger partial charge in [0, 0.05) is 11.4 Å². The molecule has 4 rings (SSSR count). The molecule has 1 aliphatic rings. The highest BCUT2D eigenvalue weighted by Crippen LogP contribution is 2.24. The standard InChI is InChI=1S/C21H15N/c1-2-7-16(8-3-1)9-6-12-21-20-15-17-10-4-5-11-18(17)19(20)13-14-22-21/h1-15H. The molecule has 0 radical (unpaired) electrons. The van der Waals surface area contributed by atoms with E-state index < -0.39 is 0 Å². The Labute approximate surface area is 129 Å². The van der Waals surface area contributed by atoms with Crippen LogP contribution in [0.25, 0.3) is 29.4 Å². The van der Waals surface area contributed by atoms with Crippen molar-refractivity contribution in [3.05, 3.63) is 94.6 Å². The summed E-state index contributed by atoms with van der Waals surface area (Å²) in [5.41, 5.74) is 5.03. The van der Waals surface area contributed by atoms with E-state index in [1.54, 1.807) is 0 Å². The van der Waals surface area contributed by atoms with Gasteiger partial charge in [-0.3, -0.25) is 4.98 Å². The lowest BCUT2D eigenvalue weighted by molar-refractivity contribution is 1.23. The van der Waals surface area contributed by atoms with Gasteiger partial charge < -0.3 is 0 Å². The lowest BCUT2D eigenvalue weighted by atomic mass is 10.1. The summed E-state index contributed by atoms with van der Waals surface area (Å²) in [5, 5.41) is 2.22. The van der Waals surface area contributed by atoms with E-state index in [0.29, 0.717) is 0 Å². The van der Waals surface area contributed by atoms with Crippen LogP contribution in [0.3, 0.4) is 0 Å². The molecular formula is C21H15N. The van der Waals surface area contributed by atoms with Crippen molar-refractivity contribution in [2.24, 2.45) is 0 Å². The number of fused-ring (bicyclic) bond motifs is 3. The first-order chi connectivity index (χ1) is 10.9. The SMILES string of the molecule is C(=Cc1ccccc1)C=c1nccc2c1=Cc1ccccc1-2. The molecule has 104 valence electrons. The van der Waals surface area contributed by atoms with Crippen molar-refractivity contribution in [1.82, 2.24) is 4.98 Å². The summed E-state index contributed by atoms with van der Waals surface area (Å²) >= 11 is 0. The number of benzene rings is 2. The molecule has 22 heavy (non-hydrogen) atoms. The third-order valence-corrected chi connectivity index (χ3v) is 3.91. The van der Waals surface area contributed by atoms with Crippen LogP contribution in [0.15, 0.2) is 72.9 Å².